The van der Waals surface area contributed by atoms with Gasteiger partial charge in [-0.3, -0.25) is 9.59 Å². The van der Waals surface area contributed by atoms with E-state index in [-0.39, 0.29) is 24.3 Å². The molecule has 0 aromatic heterocycles. The molecule has 2 aromatic rings. The second-order valence-electron chi connectivity index (χ2n) is 6.12. The Morgan fingerprint density at radius 2 is 1.64 bits per heavy atom. The van der Waals surface area contributed by atoms with Crippen LogP contribution in [0.1, 0.15) is 18.4 Å². The Morgan fingerprint density at radius 3 is 2.32 bits per heavy atom. The molecule has 25 heavy (non-hydrogen) atoms. The summed E-state index contributed by atoms with van der Waals surface area (Å²) >= 11 is 6.06. The van der Waals surface area contributed by atoms with Crippen LogP contribution in [0.4, 0.5) is 17.1 Å². The van der Waals surface area contributed by atoms with Crippen LogP contribution in [-0.4, -0.2) is 18.4 Å². The highest BCUT2D eigenvalue weighted by atomic mass is 35.5. The van der Waals surface area contributed by atoms with Gasteiger partial charge >= 0.3 is 0 Å². The van der Waals surface area contributed by atoms with Crippen LogP contribution in [0.3, 0.4) is 0 Å². The Morgan fingerprint density at radius 1 is 1.00 bits per heavy atom. The summed E-state index contributed by atoms with van der Waals surface area (Å²) in [4.78, 5) is 24.1. The van der Waals surface area contributed by atoms with Gasteiger partial charge in [-0.15, -0.1) is 0 Å². The van der Waals surface area contributed by atoms with Gasteiger partial charge in [-0.25, -0.2) is 0 Å². The van der Waals surface area contributed by atoms with E-state index >= 15 is 0 Å². The molecule has 130 valence electrons. The van der Waals surface area contributed by atoms with Crippen LogP contribution in [0.25, 0.3) is 0 Å². The molecule has 0 aliphatic heterocycles. The van der Waals surface area contributed by atoms with Crippen LogP contribution < -0.4 is 16.0 Å². The van der Waals surface area contributed by atoms with Crippen LogP contribution in [0.2, 0.25) is 5.02 Å². The van der Waals surface area contributed by atoms with Crippen LogP contribution in [0, 0.1) is 12.8 Å². The SMILES string of the molecule is Cc1c(NC(=O)CNc2ccccc2Cl)cccc1NC(=O)C1CC1. The molecule has 1 saturated carbocycles. The lowest BCUT2D eigenvalue weighted by Crippen LogP contribution is -2.22. The van der Waals surface area contributed by atoms with Crippen molar-refractivity contribution in [2.24, 2.45) is 5.92 Å². The van der Waals surface area contributed by atoms with E-state index in [0.717, 1.165) is 24.1 Å². The number of rotatable bonds is 6. The Balaban J connectivity index is 1.61. The predicted molar refractivity (Wildman–Crippen MR) is 101 cm³/mol. The summed E-state index contributed by atoms with van der Waals surface area (Å²) in [6.45, 7) is 1.97. The molecular formula is C19H20ClN3O2. The molecule has 5 nitrogen and oxygen atoms in total. The molecule has 0 heterocycles. The molecule has 3 rings (SSSR count). The number of benzene rings is 2. The topological polar surface area (TPSA) is 70.2 Å². The normalized spacial score (nSPS) is 13.2. The number of halogens is 1. The van der Waals surface area contributed by atoms with Gasteiger partial charge in [0.2, 0.25) is 11.8 Å². The molecule has 3 N–H and O–H groups in total. The molecule has 6 heteroatoms. The fraction of sp³-hybridized carbons (Fsp3) is 0.263. The van der Waals surface area contributed by atoms with Crippen LogP contribution in [0.5, 0.6) is 0 Å². The number of anilines is 3. The van der Waals surface area contributed by atoms with Crippen molar-refractivity contribution in [1.29, 1.82) is 0 Å². The van der Waals surface area contributed by atoms with Crippen LogP contribution in [0.15, 0.2) is 42.5 Å². The average molecular weight is 358 g/mol. The minimum absolute atomic E-state index is 0.0481. The number of amides is 2. The third kappa shape index (κ3) is 4.51. The van der Waals surface area contributed by atoms with Gasteiger partial charge < -0.3 is 16.0 Å². The first-order chi connectivity index (χ1) is 12.0. The van der Waals surface area contributed by atoms with Crippen molar-refractivity contribution in [3.05, 3.63) is 53.1 Å². The second kappa shape index (κ2) is 7.57. The predicted octanol–water partition coefficient (Wildman–Crippen LogP) is 4.05. The molecule has 1 aliphatic carbocycles. The summed E-state index contributed by atoms with van der Waals surface area (Å²) in [5, 5.41) is 9.37. The van der Waals surface area contributed by atoms with Gasteiger partial charge in [-0.1, -0.05) is 29.8 Å². The van der Waals surface area contributed by atoms with Crippen molar-refractivity contribution in [2.45, 2.75) is 19.8 Å². The van der Waals surface area contributed by atoms with Gasteiger partial charge in [0.1, 0.15) is 0 Å². The lowest BCUT2D eigenvalue weighted by atomic mass is 10.1. The molecule has 0 spiro atoms. The summed E-state index contributed by atoms with van der Waals surface area (Å²) in [6.07, 6.45) is 1.91. The molecule has 0 bridgehead atoms. The summed E-state index contributed by atoms with van der Waals surface area (Å²) < 4.78 is 0. The molecule has 1 aliphatic rings. The van der Waals surface area contributed by atoms with Crippen molar-refractivity contribution >= 4 is 40.5 Å². The zero-order valence-corrected chi connectivity index (χ0v) is 14.7. The Bertz CT molecular complexity index is 803. The third-order valence-electron chi connectivity index (χ3n) is 4.13. The van der Waals surface area contributed by atoms with Crippen molar-refractivity contribution in [3.63, 3.8) is 0 Å². The van der Waals surface area contributed by atoms with Crippen molar-refractivity contribution < 1.29 is 9.59 Å². The molecule has 0 radical (unpaired) electrons. The first-order valence-electron chi connectivity index (χ1n) is 8.23. The number of nitrogens with one attached hydrogen (secondary N) is 3. The van der Waals surface area contributed by atoms with E-state index in [2.05, 4.69) is 16.0 Å². The number of carbonyl (C=O) groups excluding carboxylic acids is 2. The van der Waals surface area contributed by atoms with E-state index in [1.807, 2.05) is 43.3 Å². The van der Waals surface area contributed by atoms with Gasteiger partial charge in [-0.05, 0) is 49.6 Å². The summed E-state index contributed by atoms with van der Waals surface area (Å²) in [5.74, 6) is -0.00174. The first-order valence-corrected chi connectivity index (χ1v) is 8.61. The zero-order chi connectivity index (χ0) is 17.8. The highest BCUT2D eigenvalue weighted by Crippen LogP contribution is 2.31. The fourth-order valence-corrected chi connectivity index (χ4v) is 2.66. The van der Waals surface area contributed by atoms with Crippen LogP contribution >= 0.6 is 11.6 Å². The highest BCUT2D eigenvalue weighted by Gasteiger charge is 2.29. The van der Waals surface area contributed by atoms with E-state index in [1.54, 1.807) is 6.07 Å². The Hall–Kier alpha value is -2.53. The molecule has 0 atom stereocenters. The van der Waals surface area contributed by atoms with Gasteiger partial charge in [0.15, 0.2) is 0 Å². The maximum absolute atomic E-state index is 12.2. The average Bonchev–Trinajstić information content (AvgIpc) is 3.43. The van der Waals surface area contributed by atoms with E-state index in [0.29, 0.717) is 16.4 Å². The Kier molecular flexibility index (Phi) is 5.24. The molecule has 0 unspecified atom stereocenters. The molecular weight excluding hydrogens is 338 g/mol. The van der Waals surface area contributed by atoms with E-state index in [9.17, 15) is 9.59 Å². The van der Waals surface area contributed by atoms with Gasteiger partial charge in [0.25, 0.3) is 0 Å². The van der Waals surface area contributed by atoms with E-state index in [1.165, 1.54) is 0 Å². The molecule has 2 aromatic carbocycles. The zero-order valence-electron chi connectivity index (χ0n) is 13.9. The Labute approximate surface area is 151 Å². The smallest absolute Gasteiger partial charge is 0.243 e. The van der Waals surface area contributed by atoms with E-state index in [4.69, 9.17) is 11.6 Å². The molecule has 2 amide bonds. The largest absolute Gasteiger partial charge is 0.375 e. The fourth-order valence-electron chi connectivity index (χ4n) is 2.46. The van der Waals surface area contributed by atoms with E-state index < -0.39 is 0 Å². The third-order valence-corrected chi connectivity index (χ3v) is 4.46. The minimum Gasteiger partial charge on any atom is -0.375 e. The molecule has 1 fully saturated rings. The lowest BCUT2D eigenvalue weighted by molar-refractivity contribution is -0.117. The first kappa shape index (κ1) is 17.3. The van der Waals surface area contributed by atoms with Crippen molar-refractivity contribution in [1.82, 2.24) is 0 Å². The minimum atomic E-state index is -0.186. The number of hydrogen-bond acceptors (Lipinski definition) is 3. The summed E-state index contributed by atoms with van der Waals surface area (Å²) in [7, 11) is 0. The van der Waals surface area contributed by atoms with Gasteiger partial charge in [-0.2, -0.15) is 0 Å². The number of hydrogen-bond donors (Lipinski definition) is 3. The summed E-state index contributed by atoms with van der Waals surface area (Å²) in [6, 6.07) is 12.7. The second-order valence-corrected chi connectivity index (χ2v) is 6.53. The van der Waals surface area contributed by atoms with Gasteiger partial charge in [0.05, 0.1) is 17.3 Å². The summed E-state index contributed by atoms with van der Waals surface area (Å²) in [5.41, 5.74) is 2.96. The maximum atomic E-state index is 12.2. The standard InChI is InChI=1S/C19H20ClN3O2/c1-12-15(7-4-8-16(12)23-19(25)13-9-10-13)22-18(24)11-21-17-6-3-2-5-14(17)20/h2-8,13,21H,9-11H2,1H3,(H,22,24)(H,23,25). The monoisotopic (exact) mass is 357 g/mol. The maximum Gasteiger partial charge on any atom is 0.243 e. The highest BCUT2D eigenvalue weighted by molar-refractivity contribution is 6.33. The van der Waals surface area contributed by atoms with Gasteiger partial charge in [0, 0.05) is 17.3 Å². The molecule has 0 saturated heterocycles. The van der Waals surface area contributed by atoms with Crippen molar-refractivity contribution in [3.8, 4) is 0 Å². The number of para-hydroxylation sites is 1. The van der Waals surface area contributed by atoms with Crippen LogP contribution in [-0.2, 0) is 9.59 Å². The quantitative estimate of drug-likeness (QED) is 0.730. The lowest BCUT2D eigenvalue weighted by Gasteiger charge is -2.14. The number of carbonyl (C=O) groups is 2. The van der Waals surface area contributed by atoms with Crippen molar-refractivity contribution in [2.75, 3.05) is 22.5 Å².